The molecule has 0 fully saturated rings. The van der Waals surface area contributed by atoms with E-state index in [1.54, 1.807) is 20.8 Å². The van der Waals surface area contributed by atoms with Crippen molar-refractivity contribution >= 4 is 5.97 Å². The zero-order chi connectivity index (χ0) is 8.91. The fraction of sp³-hybridized carbons (Fsp3) is 0.750. The predicted molar refractivity (Wildman–Crippen MR) is 40.6 cm³/mol. The molecule has 64 valence electrons. The van der Waals surface area contributed by atoms with E-state index in [0.717, 1.165) is 0 Å². The Kier molecular flexibility index (Phi) is 7.23. The number of rotatable bonds is 2. The van der Waals surface area contributed by atoms with Crippen LogP contribution in [0.1, 0.15) is 27.2 Å². The number of carbonyl (C=O) groups is 1. The van der Waals surface area contributed by atoms with Gasteiger partial charge in [0, 0.05) is 19.5 Å². The molecule has 0 aromatic heterocycles. The molecule has 0 aromatic rings. The van der Waals surface area contributed by atoms with Crippen molar-refractivity contribution in [1.82, 2.24) is 0 Å². The molecular formula is C8H13NO2Zn. The molecule has 3 nitrogen and oxygen atoms in total. The van der Waals surface area contributed by atoms with E-state index in [2.05, 4.69) is 0 Å². The van der Waals surface area contributed by atoms with Gasteiger partial charge >= 0.3 is 5.97 Å². The summed E-state index contributed by atoms with van der Waals surface area (Å²) in [5.74, 6) is -0.257. The molecule has 0 spiro atoms. The third kappa shape index (κ3) is 6.30. The van der Waals surface area contributed by atoms with Crippen LogP contribution in [0.25, 0.3) is 0 Å². The second kappa shape index (κ2) is 6.14. The second-order valence-corrected chi connectivity index (χ2v) is 3.29. The van der Waals surface area contributed by atoms with Crippen LogP contribution in [0.5, 0.6) is 0 Å². The fourth-order valence-electron chi connectivity index (χ4n) is 0.406. The first-order valence-electron chi connectivity index (χ1n) is 3.52. The number of ether oxygens (including phenoxy) is 1. The summed E-state index contributed by atoms with van der Waals surface area (Å²) in [5, 5.41) is 8.14. The van der Waals surface area contributed by atoms with Gasteiger partial charge in [-0.3, -0.25) is 4.79 Å². The number of esters is 1. The molecule has 0 N–H and O–H groups in total. The molecule has 0 unspecified atom stereocenters. The number of nitrogens with zero attached hydrogens (tertiary/aromatic N) is 1. The average molecular weight is 221 g/mol. The van der Waals surface area contributed by atoms with Gasteiger partial charge in [0.2, 0.25) is 0 Å². The molecule has 0 saturated heterocycles. The van der Waals surface area contributed by atoms with Crippen molar-refractivity contribution in [3.05, 3.63) is 0 Å². The van der Waals surface area contributed by atoms with Crippen molar-refractivity contribution in [2.75, 3.05) is 6.61 Å². The Hall–Kier alpha value is -0.417. The van der Waals surface area contributed by atoms with E-state index in [9.17, 15) is 4.79 Å². The zero-order valence-electron chi connectivity index (χ0n) is 7.89. The van der Waals surface area contributed by atoms with Gasteiger partial charge in [-0.15, -0.1) is 0 Å². The van der Waals surface area contributed by atoms with Gasteiger partial charge in [-0.2, -0.15) is 5.26 Å². The summed E-state index contributed by atoms with van der Waals surface area (Å²) in [6.45, 7) is 5.54. The largest absolute Gasteiger partial charge is 0.464 e. The Bertz CT molecular complexity index is 178. The SMILES string of the molecule is CC(C)(C)C(=O)OCCC#N.[Zn]. The first-order chi connectivity index (χ1) is 4.98. The number of carbonyl (C=O) groups excluding carboxylic acids is 1. The predicted octanol–water partition coefficient (Wildman–Crippen LogP) is 1.49. The summed E-state index contributed by atoms with van der Waals surface area (Å²) in [4.78, 5) is 11.0. The van der Waals surface area contributed by atoms with Crippen molar-refractivity contribution in [2.45, 2.75) is 27.2 Å². The Labute approximate surface area is 85.8 Å². The van der Waals surface area contributed by atoms with Gasteiger partial charge in [0.05, 0.1) is 17.9 Å². The van der Waals surface area contributed by atoms with Gasteiger partial charge in [-0.05, 0) is 20.8 Å². The molecule has 0 atom stereocenters. The smallest absolute Gasteiger partial charge is 0.311 e. The molecule has 0 aliphatic carbocycles. The van der Waals surface area contributed by atoms with Gasteiger partial charge in [0.25, 0.3) is 0 Å². The van der Waals surface area contributed by atoms with Crippen LogP contribution in [0.15, 0.2) is 0 Å². The Morgan fingerprint density at radius 1 is 1.50 bits per heavy atom. The Balaban J connectivity index is 0. The second-order valence-electron chi connectivity index (χ2n) is 3.29. The van der Waals surface area contributed by atoms with Crippen LogP contribution in [0.4, 0.5) is 0 Å². The molecular weight excluding hydrogens is 207 g/mol. The van der Waals surface area contributed by atoms with E-state index in [0.29, 0.717) is 0 Å². The Morgan fingerprint density at radius 2 is 2.00 bits per heavy atom. The summed E-state index contributed by atoms with van der Waals surface area (Å²) < 4.78 is 4.79. The van der Waals surface area contributed by atoms with Gasteiger partial charge in [-0.1, -0.05) is 0 Å². The van der Waals surface area contributed by atoms with Crippen LogP contribution in [0, 0.1) is 16.7 Å². The van der Waals surface area contributed by atoms with E-state index in [4.69, 9.17) is 10.00 Å². The van der Waals surface area contributed by atoms with E-state index >= 15 is 0 Å². The topological polar surface area (TPSA) is 50.1 Å². The van der Waals surface area contributed by atoms with Crippen LogP contribution in [-0.2, 0) is 29.0 Å². The van der Waals surface area contributed by atoms with Crippen molar-refractivity contribution in [3.63, 3.8) is 0 Å². The first-order valence-corrected chi connectivity index (χ1v) is 3.52. The van der Waals surface area contributed by atoms with E-state index in [-0.39, 0.29) is 38.5 Å². The molecule has 0 bridgehead atoms. The third-order valence-electron chi connectivity index (χ3n) is 1.06. The quantitative estimate of drug-likeness (QED) is 0.402. The molecule has 4 heteroatoms. The minimum absolute atomic E-state index is 0. The van der Waals surface area contributed by atoms with Crippen LogP contribution in [0.2, 0.25) is 0 Å². The zero-order valence-corrected chi connectivity index (χ0v) is 10.9. The van der Waals surface area contributed by atoms with Gasteiger partial charge in [0.15, 0.2) is 0 Å². The molecule has 0 rings (SSSR count). The van der Waals surface area contributed by atoms with Crippen molar-refractivity contribution in [1.29, 1.82) is 5.26 Å². The number of hydrogen-bond acceptors (Lipinski definition) is 3. The minimum Gasteiger partial charge on any atom is -0.464 e. The summed E-state index contributed by atoms with van der Waals surface area (Å²) in [6, 6.07) is 1.90. The molecule has 0 radical (unpaired) electrons. The molecule has 0 amide bonds. The molecule has 0 aliphatic rings. The van der Waals surface area contributed by atoms with Crippen LogP contribution >= 0.6 is 0 Å². The molecule has 0 heterocycles. The molecule has 0 aliphatic heterocycles. The maximum atomic E-state index is 11.0. The van der Waals surface area contributed by atoms with Gasteiger partial charge in [-0.25, -0.2) is 0 Å². The Morgan fingerprint density at radius 3 is 2.33 bits per heavy atom. The van der Waals surface area contributed by atoms with Gasteiger partial charge < -0.3 is 4.74 Å². The van der Waals surface area contributed by atoms with E-state index in [1.165, 1.54) is 0 Å². The number of hydrogen-bond donors (Lipinski definition) is 0. The van der Waals surface area contributed by atoms with E-state index < -0.39 is 5.41 Å². The first kappa shape index (κ1) is 14.1. The molecule has 12 heavy (non-hydrogen) atoms. The standard InChI is InChI=1S/C8H13NO2.Zn/c1-8(2,3)7(10)11-6-4-5-9;/h4,6H2,1-3H3;. The monoisotopic (exact) mass is 219 g/mol. The van der Waals surface area contributed by atoms with Crippen LogP contribution in [-0.4, -0.2) is 12.6 Å². The normalized spacial score (nSPS) is 9.50. The fourth-order valence-corrected chi connectivity index (χ4v) is 0.406. The maximum Gasteiger partial charge on any atom is 0.311 e. The van der Waals surface area contributed by atoms with Crippen molar-refractivity contribution in [3.8, 4) is 6.07 Å². The van der Waals surface area contributed by atoms with Crippen molar-refractivity contribution in [2.24, 2.45) is 5.41 Å². The molecule has 0 saturated carbocycles. The number of nitriles is 1. The average Bonchev–Trinajstić information content (AvgIpc) is 1.86. The van der Waals surface area contributed by atoms with E-state index in [1.807, 2.05) is 6.07 Å². The minimum atomic E-state index is -0.463. The summed E-state index contributed by atoms with van der Waals surface area (Å²) in [5.41, 5.74) is -0.463. The third-order valence-corrected chi connectivity index (χ3v) is 1.06. The van der Waals surface area contributed by atoms with Crippen LogP contribution < -0.4 is 0 Å². The summed E-state index contributed by atoms with van der Waals surface area (Å²) in [6.07, 6.45) is 0.266. The molecule has 0 aromatic carbocycles. The van der Waals surface area contributed by atoms with Crippen LogP contribution in [0.3, 0.4) is 0 Å². The summed E-state index contributed by atoms with van der Waals surface area (Å²) >= 11 is 0. The maximum absolute atomic E-state index is 11.0. The summed E-state index contributed by atoms with van der Waals surface area (Å²) in [7, 11) is 0. The van der Waals surface area contributed by atoms with Gasteiger partial charge in [0.1, 0.15) is 6.61 Å². The van der Waals surface area contributed by atoms with Crippen molar-refractivity contribution < 1.29 is 29.0 Å².